The number of hydrogen-bond donors (Lipinski definition) is 1. The summed E-state index contributed by atoms with van der Waals surface area (Å²) in [5.74, 6) is -0.637. The molecule has 4 rings (SSSR count). The molecule has 0 atom stereocenters. The largest absolute Gasteiger partial charge is 0.336 e. The van der Waals surface area contributed by atoms with Crippen LogP contribution in [0.3, 0.4) is 0 Å². The van der Waals surface area contributed by atoms with Crippen LogP contribution in [0.15, 0.2) is 83.8 Å². The quantitative estimate of drug-likeness (QED) is 0.576. The van der Waals surface area contributed by atoms with E-state index in [0.717, 1.165) is 26.1 Å². The van der Waals surface area contributed by atoms with Gasteiger partial charge in [-0.1, -0.05) is 36.4 Å². The highest BCUT2D eigenvalue weighted by molar-refractivity contribution is 7.92. The molecule has 1 amide bonds. The van der Waals surface area contributed by atoms with Gasteiger partial charge in [0.2, 0.25) is 0 Å². The van der Waals surface area contributed by atoms with E-state index < -0.39 is 15.8 Å². The van der Waals surface area contributed by atoms with Gasteiger partial charge < -0.3 is 4.90 Å². The monoisotopic (exact) mass is 467 g/mol. The van der Waals surface area contributed by atoms with Crippen molar-refractivity contribution in [3.05, 3.63) is 95.8 Å². The second-order valence-corrected chi connectivity index (χ2v) is 9.69. The maximum atomic E-state index is 13.1. The van der Waals surface area contributed by atoms with Crippen molar-refractivity contribution in [3.8, 4) is 0 Å². The second-order valence-electron chi connectivity index (χ2n) is 8.01. The maximum absolute atomic E-state index is 13.1. The fourth-order valence-corrected chi connectivity index (χ4v) is 4.92. The number of piperazine rings is 1. The number of sulfonamides is 1. The first-order chi connectivity index (χ1) is 15.9. The minimum absolute atomic E-state index is 0.0147. The van der Waals surface area contributed by atoms with E-state index in [-0.39, 0.29) is 16.5 Å². The molecule has 0 aromatic heterocycles. The summed E-state index contributed by atoms with van der Waals surface area (Å²) in [6.07, 6.45) is 0.968. The summed E-state index contributed by atoms with van der Waals surface area (Å²) in [7, 11) is -3.91. The van der Waals surface area contributed by atoms with Crippen LogP contribution < -0.4 is 4.72 Å². The van der Waals surface area contributed by atoms with E-state index in [1.165, 1.54) is 42.0 Å². The van der Waals surface area contributed by atoms with Crippen LogP contribution in [-0.4, -0.2) is 56.8 Å². The molecule has 1 heterocycles. The van der Waals surface area contributed by atoms with E-state index in [1.54, 1.807) is 17.0 Å². The number of amides is 1. The lowest BCUT2D eigenvalue weighted by molar-refractivity contribution is 0.0638. The number of carbonyl (C=O) groups is 1. The predicted molar refractivity (Wildman–Crippen MR) is 126 cm³/mol. The van der Waals surface area contributed by atoms with Crippen LogP contribution in [0.4, 0.5) is 10.1 Å². The summed E-state index contributed by atoms with van der Waals surface area (Å²) < 4.78 is 41.0. The third kappa shape index (κ3) is 5.97. The molecule has 0 spiro atoms. The molecule has 6 nitrogen and oxygen atoms in total. The first-order valence-corrected chi connectivity index (χ1v) is 12.3. The summed E-state index contributed by atoms with van der Waals surface area (Å²) in [5.41, 5.74) is 1.87. The van der Waals surface area contributed by atoms with Crippen molar-refractivity contribution in [2.24, 2.45) is 0 Å². The van der Waals surface area contributed by atoms with E-state index in [0.29, 0.717) is 18.7 Å². The van der Waals surface area contributed by atoms with Gasteiger partial charge in [0.25, 0.3) is 15.9 Å². The van der Waals surface area contributed by atoms with Gasteiger partial charge in [-0.05, 0) is 54.4 Å². The van der Waals surface area contributed by atoms with Crippen molar-refractivity contribution >= 4 is 21.6 Å². The van der Waals surface area contributed by atoms with Crippen molar-refractivity contribution in [1.29, 1.82) is 0 Å². The Balaban J connectivity index is 1.36. The van der Waals surface area contributed by atoms with Crippen LogP contribution in [0.2, 0.25) is 0 Å². The fraction of sp³-hybridized carbons (Fsp3) is 0.240. The van der Waals surface area contributed by atoms with Gasteiger partial charge in [0.15, 0.2) is 0 Å². The highest BCUT2D eigenvalue weighted by Crippen LogP contribution is 2.19. The van der Waals surface area contributed by atoms with E-state index in [2.05, 4.69) is 21.8 Å². The number of nitrogens with zero attached hydrogens (tertiary/aromatic N) is 2. The molecule has 0 bridgehead atoms. The van der Waals surface area contributed by atoms with Gasteiger partial charge in [0, 0.05) is 44.0 Å². The number of anilines is 1. The molecule has 8 heteroatoms. The Bertz CT molecular complexity index is 1190. The summed E-state index contributed by atoms with van der Waals surface area (Å²) in [6, 6.07) is 21.4. The zero-order chi connectivity index (χ0) is 23.3. The number of halogens is 1. The number of rotatable bonds is 7. The minimum Gasteiger partial charge on any atom is -0.336 e. The zero-order valence-electron chi connectivity index (χ0n) is 18.2. The Morgan fingerprint density at radius 2 is 1.58 bits per heavy atom. The van der Waals surface area contributed by atoms with E-state index in [9.17, 15) is 17.6 Å². The highest BCUT2D eigenvalue weighted by atomic mass is 32.2. The van der Waals surface area contributed by atoms with Crippen LogP contribution in [0.25, 0.3) is 0 Å². The predicted octanol–water partition coefficient (Wildman–Crippen LogP) is 3.63. The topological polar surface area (TPSA) is 69.7 Å². The minimum atomic E-state index is -3.91. The first-order valence-electron chi connectivity index (χ1n) is 10.8. The Labute approximate surface area is 193 Å². The summed E-state index contributed by atoms with van der Waals surface area (Å²) in [6.45, 7) is 3.69. The van der Waals surface area contributed by atoms with Gasteiger partial charge in [0.05, 0.1) is 4.90 Å². The summed E-state index contributed by atoms with van der Waals surface area (Å²) in [5, 5.41) is 0. The Morgan fingerprint density at radius 3 is 2.27 bits per heavy atom. The molecule has 0 aliphatic carbocycles. The maximum Gasteiger partial charge on any atom is 0.261 e. The van der Waals surface area contributed by atoms with Crippen LogP contribution in [-0.2, 0) is 16.4 Å². The number of hydrogen-bond acceptors (Lipinski definition) is 4. The van der Waals surface area contributed by atoms with E-state index >= 15 is 0 Å². The molecule has 1 N–H and O–H groups in total. The summed E-state index contributed by atoms with van der Waals surface area (Å²) >= 11 is 0. The average Bonchev–Trinajstić information content (AvgIpc) is 2.85. The molecule has 3 aromatic carbocycles. The molecule has 172 valence electrons. The lowest BCUT2D eigenvalue weighted by Gasteiger charge is -2.34. The van der Waals surface area contributed by atoms with Crippen LogP contribution in [0.5, 0.6) is 0 Å². The fourth-order valence-electron chi connectivity index (χ4n) is 3.82. The molecule has 33 heavy (non-hydrogen) atoms. The van der Waals surface area contributed by atoms with Gasteiger partial charge in [-0.2, -0.15) is 0 Å². The molecule has 0 radical (unpaired) electrons. The third-order valence-corrected chi connectivity index (χ3v) is 7.09. The van der Waals surface area contributed by atoms with E-state index in [4.69, 9.17) is 0 Å². The molecule has 0 saturated carbocycles. The Morgan fingerprint density at radius 1 is 0.879 bits per heavy atom. The van der Waals surface area contributed by atoms with Crippen molar-refractivity contribution in [2.75, 3.05) is 37.4 Å². The first kappa shape index (κ1) is 22.9. The van der Waals surface area contributed by atoms with Gasteiger partial charge in [-0.15, -0.1) is 0 Å². The lowest BCUT2D eigenvalue weighted by atomic mass is 10.1. The third-order valence-electron chi connectivity index (χ3n) is 5.71. The van der Waals surface area contributed by atoms with Crippen LogP contribution in [0.1, 0.15) is 15.9 Å². The molecular weight excluding hydrogens is 441 g/mol. The Kier molecular flexibility index (Phi) is 7.05. The average molecular weight is 468 g/mol. The number of carbonyl (C=O) groups excluding carboxylic acids is 1. The summed E-state index contributed by atoms with van der Waals surface area (Å²) in [4.78, 5) is 17.1. The Hall–Kier alpha value is -3.23. The van der Waals surface area contributed by atoms with Crippen molar-refractivity contribution in [3.63, 3.8) is 0 Å². The van der Waals surface area contributed by atoms with E-state index in [1.807, 2.05) is 18.2 Å². The molecule has 3 aromatic rings. The van der Waals surface area contributed by atoms with Crippen molar-refractivity contribution in [2.45, 2.75) is 11.3 Å². The van der Waals surface area contributed by atoms with Crippen molar-refractivity contribution in [1.82, 2.24) is 9.80 Å². The second kappa shape index (κ2) is 10.1. The molecule has 0 unspecified atom stereocenters. The van der Waals surface area contributed by atoms with Crippen molar-refractivity contribution < 1.29 is 17.6 Å². The molecule has 1 saturated heterocycles. The molecule has 1 fully saturated rings. The molecular formula is C25H26FN3O3S. The highest BCUT2D eigenvalue weighted by Gasteiger charge is 2.23. The van der Waals surface area contributed by atoms with Gasteiger partial charge >= 0.3 is 0 Å². The normalized spacial score (nSPS) is 14.8. The standard InChI is InChI=1S/C25H26FN3O3S/c26-22-9-11-23(12-10-22)27-33(31,32)24-8-4-7-21(19-24)25(30)29-17-15-28(16-18-29)14-13-20-5-2-1-3-6-20/h1-12,19,27H,13-18H2. The van der Waals surface area contributed by atoms with Gasteiger partial charge in [0.1, 0.15) is 5.82 Å². The number of benzene rings is 3. The number of nitrogens with one attached hydrogen (secondary N) is 1. The molecule has 1 aliphatic heterocycles. The van der Waals surface area contributed by atoms with Gasteiger partial charge in [-0.25, -0.2) is 12.8 Å². The van der Waals surface area contributed by atoms with Gasteiger partial charge in [-0.3, -0.25) is 14.4 Å². The SMILES string of the molecule is O=C(c1cccc(S(=O)(=O)Nc2ccc(F)cc2)c1)N1CCN(CCc2ccccc2)CC1. The van der Waals surface area contributed by atoms with Crippen LogP contribution in [0, 0.1) is 5.82 Å². The zero-order valence-corrected chi connectivity index (χ0v) is 19.0. The molecule has 1 aliphatic rings. The lowest BCUT2D eigenvalue weighted by Crippen LogP contribution is -2.49. The van der Waals surface area contributed by atoms with Crippen LogP contribution >= 0.6 is 0 Å². The smallest absolute Gasteiger partial charge is 0.261 e.